The van der Waals surface area contributed by atoms with Gasteiger partial charge in [0.05, 0.1) is 11.0 Å². The highest BCUT2D eigenvalue weighted by molar-refractivity contribution is 5.95. The number of carbonyl (C=O) groups excluding carboxylic acids is 1. The molecule has 96 valence electrons. The van der Waals surface area contributed by atoms with Crippen molar-refractivity contribution in [2.24, 2.45) is 0 Å². The summed E-state index contributed by atoms with van der Waals surface area (Å²) in [7, 11) is 0. The predicted molar refractivity (Wildman–Crippen MR) is 67.5 cm³/mol. The molecule has 18 heavy (non-hydrogen) atoms. The Kier molecular flexibility index (Phi) is 3.57. The summed E-state index contributed by atoms with van der Waals surface area (Å²) in [6.45, 7) is 2.51. The number of nitrogens with one attached hydrogen (secondary N) is 2. The molecule has 0 bridgehead atoms. The van der Waals surface area contributed by atoms with Crippen molar-refractivity contribution in [2.45, 2.75) is 25.8 Å². The minimum atomic E-state index is -0.431. The van der Waals surface area contributed by atoms with E-state index in [4.69, 9.17) is 0 Å². The standard InChI is InChI=1S/C12H15N3O3/c1-8-7-9(4-5-11(8)15(17)18)14-12(16)10-3-2-6-13-10/h4-5,7,10,13H,2-3,6H2,1H3,(H,14,16)/t10-/m0/s1. The quantitative estimate of drug-likeness (QED) is 0.629. The number of aryl methyl sites for hydroxylation is 1. The lowest BCUT2D eigenvalue weighted by Gasteiger charge is -2.11. The second-order valence-electron chi connectivity index (χ2n) is 4.40. The largest absolute Gasteiger partial charge is 0.325 e. The highest BCUT2D eigenvalue weighted by atomic mass is 16.6. The van der Waals surface area contributed by atoms with Gasteiger partial charge < -0.3 is 10.6 Å². The van der Waals surface area contributed by atoms with Crippen molar-refractivity contribution in [3.8, 4) is 0 Å². The van der Waals surface area contributed by atoms with Crippen molar-refractivity contribution in [3.05, 3.63) is 33.9 Å². The minimum absolute atomic E-state index is 0.0620. The summed E-state index contributed by atoms with van der Waals surface area (Å²) in [4.78, 5) is 22.1. The van der Waals surface area contributed by atoms with Crippen molar-refractivity contribution in [3.63, 3.8) is 0 Å². The highest BCUT2D eigenvalue weighted by Crippen LogP contribution is 2.22. The van der Waals surface area contributed by atoms with Crippen molar-refractivity contribution in [1.82, 2.24) is 5.32 Å². The summed E-state index contributed by atoms with van der Waals surface area (Å²) in [5.41, 5.74) is 1.20. The molecular formula is C12H15N3O3. The summed E-state index contributed by atoms with van der Waals surface area (Å²) < 4.78 is 0. The summed E-state index contributed by atoms with van der Waals surface area (Å²) in [5.74, 6) is -0.0826. The molecule has 6 heteroatoms. The monoisotopic (exact) mass is 249 g/mol. The molecule has 0 aliphatic carbocycles. The molecule has 1 heterocycles. The molecule has 1 atom stereocenters. The molecule has 1 aliphatic rings. The van der Waals surface area contributed by atoms with Crippen molar-refractivity contribution < 1.29 is 9.72 Å². The summed E-state index contributed by atoms with van der Waals surface area (Å²) in [6, 6.07) is 4.43. The number of nitro benzene ring substituents is 1. The smallest absolute Gasteiger partial charge is 0.272 e. The molecule has 1 aromatic rings. The third-order valence-corrected chi connectivity index (χ3v) is 3.04. The zero-order valence-electron chi connectivity index (χ0n) is 10.1. The van der Waals surface area contributed by atoms with Crippen LogP contribution in [0.15, 0.2) is 18.2 Å². The number of carbonyl (C=O) groups is 1. The third-order valence-electron chi connectivity index (χ3n) is 3.04. The normalized spacial score (nSPS) is 18.6. The number of nitrogens with zero attached hydrogens (tertiary/aromatic N) is 1. The van der Waals surface area contributed by atoms with E-state index in [-0.39, 0.29) is 17.6 Å². The lowest BCUT2D eigenvalue weighted by Crippen LogP contribution is -2.35. The van der Waals surface area contributed by atoms with E-state index >= 15 is 0 Å². The molecule has 1 amide bonds. The molecule has 0 unspecified atom stereocenters. The highest BCUT2D eigenvalue weighted by Gasteiger charge is 2.22. The number of amides is 1. The molecule has 6 nitrogen and oxygen atoms in total. The van der Waals surface area contributed by atoms with Gasteiger partial charge in [-0.1, -0.05) is 0 Å². The number of hydrogen-bond donors (Lipinski definition) is 2. The van der Waals surface area contributed by atoms with E-state index in [1.54, 1.807) is 19.1 Å². The van der Waals surface area contributed by atoms with E-state index in [0.717, 1.165) is 19.4 Å². The van der Waals surface area contributed by atoms with Crippen LogP contribution >= 0.6 is 0 Å². The van der Waals surface area contributed by atoms with Crippen LogP contribution in [0.4, 0.5) is 11.4 Å². The number of benzene rings is 1. The van der Waals surface area contributed by atoms with Crippen LogP contribution in [0.2, 0.25) is 0 Å². The van der Waals surface area contributed by atoms with E-state index in [0.29, 0.717) is 11.3 Å². The van der Waals surface area contributed by atoms with E-state index in [2.05, 4.69) is 10.6 Å². The average molecular weight is 249 g/mol. The molecule has 1 aliphatic heterocycles. The predicted octanol–water partition coefficient (Wildman–Crippen LogP) is 1.59. The Hall–Kier alpha value is -1.95. The molecular weight excluding hydrogens is 234 g/mol. The molecule has 2 N–H and O–H groups in total. The fourth-order valence-corrected chi connectivity index (χ4v) is 2.08. The van der Waals surface area contributed by atoms with Gasteiger partial charge >= 0.3 is 0 Å². The Morgan fingerprint density at radius 3 is 2.89 bits per heavy atom. The molecule has 0 aromatic heterocycles. The molecule has 0 saturated carbocycles. The van der Waals surface area contributed by atoms with Crippen LogP contribution in [0.5, 0.6) is 0 Å². The molecule has 0 spiro atoms. The first-order valence-electron chi connectivity index (χ1n) is 5.87. The van der Waals surface area contributed by atoms with E-state index in [1.807, 2.05) is 0 Å². The first-order chi connectivity index (χ1) is 8.58. The van der Waals surface area contributed by atoms with Gasteiger partial charge in [0, 0.05) is 17.3 Å². The fraction of sp³-hybridized carbons (Fsp3) is 0.417. The molecule has 1 aromatic carbocycles. The maximum Gasteiger partial charge on any atom is 0.272 e. The number of hydrogen-bond acceptors (Lipinski definition) is 4. The van der Waals surface area contributed by atoms with Gasteiger partial charge in [0.25, 0.3) is 5.69 Å². The van der Waals surface area contributed by atoms with Gasteiger partial charge in [-0.3, -0.25) is 14.9 Å². The molecule has 1 saturated heterocycles. The first kappa shape index (κ1) is 12.5. The van der Waals surface area contributed by atoms with Gasteiger partial charge in [0.15, 0.2) is 0 Å². The van der Waals surface area contributed by atoms with Gasteiger partial charge in [0.2, 0.25) is 5.91 Å². The third kappa shape index (κ3) is 2.65. The first-order valence-corrected chi connectivity index (χ1v) is 5.87. The van der Waals surface area contributed by atoms with Crippen LogP contribution in [0.1, 0.15) is 18.4 Å². The Labute approximate surface area is 105 Å². The van der Waals surface area contributed by atoms with Gasteiger partial charge in [-0.15, -0.1) is 0 Å². The zero-order valence-corrected chi connectivity index (χ0v) is 10.1. The van der Waals surface area contributed by atoms with Crippen LogP contribution < -0.4 is 10.6 Å². The molecule has 0 radical (unpaired) electrons. The van der Waals surface area contributed by atoms with E-state index < -0.39 is 4.92 Å². The maximum absolute atomic E-state index is 11.8. The maximum atomic E-state index is 11.8. The second kappa shape index (κ2) is 5.14. The molecule has 1 fully saturated rings. The number of anilines is 1. The van der Waals surface area contributed by atoms with Gasteiger partial charge in [0.1, 0.15) is 0 Å². The van der Waals surface area contributed by atoms with Crippen LogP contribution in [-0.4, -0.2) is 23.4 Å². The number of nitro groups is 1. The lowest BCUT2D eigenvalue weighted by atomic mass is 10.1. The SMILES string of the molecule is Cc1cc(NC(=O)[C@@H]2CCCN2)ccc1[N+](=O)[O-]. The van der Waals surface area contributed by atoms with Crippen molar-refractivity contribution >= 4 is 17.3 Å². The van der Waals surface area contributed by atoms with Gasteiger partial charge in [-0.25, -0.2) is 0 Å². The van der Waals surface area contributed by atoms with Crippen LogP contribution in [0.3, 0.4) is 0 Å². The summed E-state index contributed by atoms with van der Waals surface area (Å²) in [5, 5.41) is 16.5. The summed E-state index contributed by atoms with van der Waals surface area (Å²) in [6.07, 6.45) is 1.83. The van der Waals surface area contributed by atoms with Crippen LogP contribution in [-0.2, 0) is 4.79 Å². The Morgan fingerprint density at radius 1 is 1.56 bits per heavy atom. The fourth-order valence-electron chi connectivity index (χ4n) is 2.08. The van der Waals surface area contributed by atoms with E-state index in [1.165, 1.54) is 6.07 Å². The Balaban J connectivity index is 2.07. The lowest BCUT2D eigenvalue weighted by molar-refractivity contribution is -0.385. The zero-order chi connectivity index (χ0) is 13.1. The summed E-state index contributed by atoms with van der Waals surface area (Å²) >= 11 is 0. The second-order valence-corrected chi connectivity index (χ2v) is 4.40. The van der Waals surface area contributed by atoms with E-state index in [9.17, 15) is 14.9 Å². The van der Waals surface area contributed by atoms with Crippen LogP contribution in [0.25, 0.3) is 0 Å². The van der Waals surface area contributed by atoms with Gasteiger partial charge in [-0.2, -0.15) is 0 Å². The average Bonchev–Trinajstić information content (AvgIpc) is 2.81. The molecule has 2 rings (SSSR count). The Morgan fingerprint density at radius 2 is 2.33 bits per heavy atom. The topological polar surface area (TPSA) is 84.3 Å². The van der Waals surface area contributed by atoms with Gasteiger partial charge in [-0.05, 0) is 38.4 Å². The number of rotatable bonds is 3. The Bertz CT molecular complexity index is 481. The minimum Gasteiger partial charge on any atom is -0.325 e. The van der Waals surface area contributed by atoms with Crippen molar-refractivity contribution in [1.29, 1.82) is 0 Å². The van der Waals surface area contributed by atoms with Crippen LogP contribution in [0, 0.1) is 17.0 Å². The van der Waals surface area contributed by atoms with Crippen molar-refractivity contribution in [2.75, 3.05) is 11.9 Å².